The highest BCUT2D eigenvalue weighted by atomic mass is 35.5. The summed E-state index contributed by atoms with van der Waals surface area (Å²) in [7, 11) is 0. The molecular formula is C20H15ClF3N3O3. The minimum absolute atomic E-state index is 0.0625. The van der Waals surface area contributed by atoms with Gasteiger partial charge in [-0.15, -0.1) is 0 Å². The topological polar surface area (TPSA) is 74.1 Å². The molecule has 0 spiro atoms. The first kappa shape index (κ1) is 21.5. The lowest BCUT2D eigenvalue weighted by molar-refractivity contribution is -0.137. The zero-order valence-electron chi connectivity index (χ0n) is 15.8. The van der Waals surface area contributed by atoms with E-state index in [1.54, 1.807) is 12.1 Å². The Kier molecular flexibility index (Phi) is 5.93. The smallest absolute Gasteiger partial charge is 0.417 e. The molecule has 0 saturated carbocycles. The minimum Gasteiger partial charge on any atom is -0.451 e. The Morgan fingerprint density at radius 2 is 1.77 bits per heavy atom. The number of pyridine rings is 1. The van der Waals surface area contributed by atoms with Gasteiger partial charge in [-0.3, -0.25) is 4.79 Å². The van der Waals surface area contributed by atoms with Crippen LogP contribution in [-0.2, 0) is 10.9 Å². The van der Waals surface area contributed by atoms with Crippen LogP contribution < -0.4 is 0 Å². The van der Waals surface area contributed by atoms with Crippen LogP contribution >= 0.6 is 11.6 Å². The first-order valence-electron chi connectivity index (χ1n) is 8.67. The van der Waals surface area contributed by atoms with E-state index in [1.807, 2.05) is 0 Å². The number of Topliss-reactive ketones (excluding diaryl/α,β-unsaturated/α-hetero) is 1. The zero-order valence-corrected chi connectivity index (χ0v) is 16.5. The van der Waals surface area contributed by atoms with Gasteiger partial charge in [-0.25, -0.2) is 14.5 Å². The van der Waals surface area contributed by atoms with Crippen molar-refractivity contribution in [1.82, 2.24) is 14.8 Å². The second-order valence-corrected chi connectivity index (χ2v) is 6.81. The Hall–Kier alpha value is -3.20. The summed E-state index contributed by atoms with van der Waals surface area (Å²) in [5.41, 5.74) is -0.197. The molecule has 0 bridgehead atoms. The first-order valence-corrected chi connectivity index (χ1v) is 9.04. The molecule has 156 valence electrons. The molecule has 3 aromatic rings. The molecule has 0 radical (unpaired) electrons. The SMILES string of the molecule is Cc1c(C(=O)OC(C)C(=O)c2ccc(Cl)cc2)cnn1-c1ccc(C(F)(F)F)cn1. The summed E-state index contributed by atoms with van der Waals surface area (Å²) in [6, 6.07) is 8.16. The fourth-order valence-corrected chi connectivity index (χ4v) is 2.77. The predicted octanol–water partition coefficient (Wildman–Crippen LogP) is 4.68. The van der Waals surface area contributed by atoms with Crippen LogP contribution in [0.5, 0.6) is 0 Å². The summed E-state index contributed by atoms with van der Waals surface area (Å²) in [4.78, 5) is 28.6. The van der Waals surface area contributed by atoms with Crippen molar-refractivity contribution in [3.05, 3.63) is 76.2 Å². The lowest BCUT2D eigenvalue weighted by Crippen LogP contribution is -2.24. The molecule has 0 amide bonds. The second kappa shape index (κ2) is 8.27. The van der Waals surface area contributed by atoms with Crippen molar-refractivity contribution in [2.24, 2.45) is 0 Å². The normalized spacial score (nSPS) is 12.5. The van der Waals surface area contributed by atoms with Gasteiger partial charge in [-0.2, -0.15) is 18.3 Å². The Morgan fingerprint density at radius 3 is 2.33 bits per heavy atom. The molecule has 1 atom stereocenters. The molecule has 0 aliphatic carbocycles. The molecule has 0 fully saturated rings. The third kappa shape index (κ3) is 4.51. The number of hydrogen-bond donors (Lipinski definition) is 0. The van der Waals surface area contributed by atoms with Gasteiger partial charge in [0.05, 0.1) is 17.5 Å². The summed E-state index contributed by atoms with van der Waals surface area (Å²) in [6.45, 7) is 2.97. The summed E-state index contributed by atoms with van der Waals surface area (Å²) < 4.78 is 44.5. The van der Waals surface area contributed by atoms with Gasteiger partial charge in [-0.05, 0) is 50.2 Å². The summed E-state index contributed by atoms with van der Waals surface area (Å²) in [5.74, 6) is -1.10. The molecule has 30 heavy (non-hydrogen) atoms. The number of aromatic nitrogens is 3. The quantitative estimate of drug-likeness (QED) is 0.428. The van der Waals surface area contributed by atoms with E-state index >= 15 is 0 Å². The van der Waals surface area contributed by atoms with Gasteiger partial charge in [0, 0.05) is 16.8 Å². The van der Waals surface area contributed by atoms with Gasteiger partial charge in [0.25, 0.3) is 0 Å². The van der Waals surface area contributed by atoms with Gasteiger partial charge < -0.3 is 4.74 Å². The lowest BCUT2D eigenvalue weighted by atomic mass is 10.1. The number of nitrogens with zero attached hydrogens (tertiary/aromatic N) is 3. The van der Waals surface area contributed by atoms with E-state index in [9.17, 15) is 22.8 Å². The molecule has 10 heteroatoms. The van der Waals surface area contributed by atoms with E-state index < -0.39 is 29.6 Å². The third-order valence-electron chi connectivity index (χ3n) is 4.30. The van der Waals surface area contributed by atoms with E-state index in [4.69, 9.17) is 16.3 Å². The third-order valence-corrected chi connectivity index (χ3v) is 4.56. The Bertz CT molecular complexity index is 1080. The fraction of sp³-hybridized carbons (Fsp3) is 0.200. The van der Waals surface area contributed by atoms with Gasteiger partial charge in [-0.1, -0.05) is 11.6 Å². The van der Waals surface area contributed by atoms with Crippen LogP contribution in [-0.4, -0.2) is 32.6 Å². The molecule has 6 nitrogen and oxygen atoms in total. The zero-order chi connectivity index (χ0) is 22.1. The van der Waals surface area contributed by atoms with Crippen molar-refractivity contribution in [3.63, 3.8) is 0 Å². The molecule has 3 rings (SSSR count). The van der Waals surface area contributed by atoms with E-state index in [2.05, 4.69) is 10.1 Å². The molecule has 0 saturated heterocycles. The lowest BCUT2D eigenvalue weighted by Gasteiger charge is -2.12. The van der Waals surface area contributed by atoms with Gasteiger partial charge in [0.1, 0.15) is 5.56 Å². The van der Waals surface area contributed by atoms with Crippen LogP contribution in [0.4, 0.5) is 13.2 Å². The van der Waals surface area contributed by atoms with Crippen molar-refractivity contribution < 1.29 is 27.5 Å². The average Bonchev–Trinajstić information content (AvgIpc) is 3.09. The number of halogens is 4. The van der Waals surface area contributed by atoms with E-state index in [0.717, 1.165) is 12.1 Å². The number of carbonyl (C=O) groups is 2. The maximum absolute atomic E-state index is 12.7. The molecule has 1 aromatic carbocycles. The van der Waals surface area contributed by atoms with E-state index in [1.165, 1.54) is 36.9 Å². The van der Waals surface area contributed by atoms with Gasteiger partial charge >= 0.3 is 12.1 Å². The Balaban J connectivity index is 1.75. The van der Waals surface area contributed by atoms with Crippen LogP contribution in [0.2, 0.25) is 5.02 Å². The number of ether oxygens (including phenoxy) is 1. The van der Waals surface area contributed by atoms with Crippen molar-refractivity contribution >= 4 is 23.4 Å². The molecule has 1 unspecified atom stereocenters. The van der Waals surface area contributed by atoms with E-state index in [0.29, 0.717) is 22.5 Å². The van der Waals surface area contributed by atoms with Crippen molar-refractivity contribution in [1.29, 1.82) is 0 Å². The standard InChI is InChI=1S/C20H15ClF3N3O3/c1-11-16(10-26-27(11)17-8-5-14(9-25-17)20(22,23)24)19(29)30-12(2)18(28)13-3-6-15(21)7-4-13/h3-10,12H,1-2H3. The molecule has 0 aliphatic rings. The number of carbonyl (C=O) groups excluding carboxylic acids is 2. The molecule has 0 aliphatic heterocycles. The maximum atomic E-state index is 12.7. The first-order chi connectivity index (χ1) is 14.1. The highest BCUT2D eigenvalue weighted by Gasteiger charge is 2.31. The van der Waals surface area contributed by atoms with E-state index in [-0.39, 0.29) is 11.4 Å². The summed E-state index contributed by atoms with van der Waals surface area (Å²) in [5, 5.41) is 4.46. The van der Waals surface area contributed by atoms with Gasteiger partial charge in [0.15, 0.2) is 11.9 Å². The van der Waals surface area contributed by atoms with Crippen LogP contribution in [0.1, 0.15) is 38.9 Å². The van der Waals surface area contributed by atoms with Crippen molar-refractivity contribution in [2.45, 2.75) is 26.1 Å². The monoisotopic (exact) mass is 437 g/mol. The van der Waals surface area contributed by atoms with Crippen molar-refractivity contribution in [2.75, 3.05) is 0 Å². The number of benzene rings is 1. The largest absolute Gasteiger partial charge is 0.451 e. The van der Waals surface area contributed by atoms with Crippen molar-refractivity contribution in [3.8, 4) is 5.82 Å². The average molecular weight is 438 g/mol. The number of esters is 1. The highest BCUT2D eigenvalue weighted by molar-refractivity contribution is 6.30. The fourth-order valence-electron chi connectivity index (χ4n) is 2.65. The maximum Gasteiger partial charge on any atom is 0.417 e. The predicted molar refractivity (Wildman–Crippen MR) is 102 cm³/mol. The Morgan fingerprint density at radius 1 is 1.10 bits per heavy atom. The summed E-state index contributed by atoms with van der Waals surface area (Å²) >= 11 is 5.79. The highest BCUT2D eigenvalue weighted by Crippen LogP contribution is 2.29. The van der Waals surface area contributed by atoms with Crippen LogP contribution in [0.15, 0.2) is 48.8 Å². The van der Waals surface area contributed by atoms with Crippen LogP contribution in [0.3, 0.4) is 0 Å². The number of ketones is 1. The minimum atomic E-state index is -4.51. The summed E-state index contributed by atoms with van der Waals surface area (Å²) in [6.07, 6.45) is -3.69. The number of rotatable bonds is 5. The van der Waals surface area contributed by atoms with Gasteiger partial charge in [0.2, 0.25) is 5.78 Å². The van der Waals surface area contributed by atoms with Crippen LogP contribution in [0.25, 0.3) is 5.82 Å². The second-order valence-electron chi connectivity index (χ2n) is 6.38. The number of alkyl halides is 3. The molecular weight excluding hydrogens is 423 g/mol. The molecule has 2 aromatic heterocycles. The Labute approximate surface area is 174 Å². The van der Waals surface area contributed by atoms with Crippen LogP contribution in [0, 0.1) is 6.92 Å². The molecule has 2 heterocycles. The molecule has 0 N–H and O–H groups in total. The number of hydrogen-bond acceptors (Lipinski definition) is 5.